The minimum Gasteiger partial charge on any atom is -0.476 e. The van der Waals surface area contributed by atoms with E-state index < -0.39 is 68.2 Å². The van der Waals surface area contributed by atoms with Crippen LogP contribution in [0.1, 0.15) is 59.3 Å². The molecule has 1 aliphatic heterocycles. The number of anilines is 1. The average Bonchev–Trinajstić information content (AvgIpc) is 3.65. The summed E-state index contributed by atoms with van der Waals surface area (Å²) in [6, 6.07) is -1.19. The summed E-state index contributed by atoms with van der Waals surface area (Å²) in [5.74, 6) is -1.70. The van der Waals surface area contributed by atoms with E-state index in [9.17, 15) is 24.8 Å². The monoisotopic (exact) mass is 669 g/mol. The number of fused-ring (bicyclic) bond motifs is 1. The number of esters is 1. The molecule has 0 radical (unpaired) electrons. The number of rotatable bonds is 13. The molecule has 0 bridgehead atoms. The van der Waals surface area contributed by atoms with Crippen molar-refractivity contribution in [1.29, 1.82) is 0 Å². The molecule has 3 aromatic heterocycles. The van der Waals surface area contributed by atoms with Crippen LogP contribution in [0.25, 0.3) is 21.6 Å². The molecule has 6 atom stereocenters. The SMILES string of the molecule is CCOc1nc(N)nc2c1ncn2[C@@H]1O[C@H](COP(=O)(N[C@@H](C)C(=O)OC)OCc2oc(=O)oc2C(C)(C)C)[C@@H](O)[C@@]1(C)N=[N+]=[N-]. The van der Waals surface area contributed by atoms with Crippen molar-refractivity contribution < 1.29 is 46.6 Å². The summed E-state index contributed by atoms with van der Waals surface area (Å²) in [5, 5.41) is 17.6. The van der Waals surface area contributed by atoms with Crippen LogP contribution in [0.15, 0.2) is 25.1 Å². The highest BCUT2D eigenvalue weighted by molar-refractivity contribution is 7.51. The van der Waals surface area contributed by atoms with Gasteiger partial charge in [0.25, 0.3) is 0 Å². The summed E-state index contributed by atoms with van der Waals surface area (Å²) in [5.41, 5.74) is 13.3. The predicted molar refractivity (Wildman–Crippen MR) is 157 cm³/mol. The van der Waals surface area contributed by atoms with Crippen LogP contribution in [0.4, 0.5) is 5.95 Å². The fraction of sp³-hybridized carbons (Fsp3) is 0.640. The fourth-order valence-electron chi connectivity index (χ4n) is 4.77. The molecular formula is C25H36N9O11P. The third-order valence-corrected chi connectivity index (χ3v) is 8.62. The summed E-state index contributed by atoms with van der Waals surface area (Å²) < 4.78 is 53.1. The Bertz CT molecular complexity index is 1730. The first-order valence-electron chi connectivity index (χ1n) is 14.0. The van der Waals surface area contributed by atoms with Gasteiger partial charge in [0.15, 0.2) is 28.9 Å². The van der Waals surface area contributed by atoms with Gasteiger partial charge >= 0.3 is 19.5 Å². The molecule has 46 heavy (non-hydrogen) atoms. The van der Waals surface area contributed by atoms with Gasteiger partial charge in [-0.25, -0.2) is 19.4 Å². The molecule has 0 aromatic carbocycles. The molecule has 20 nitrogen and oxygen atoms in total. The van der Waals surface area contributed by atoms with Crippen LogP contribution in [0.2, 0.25) is 0 Å². The van der Waals surface area contributed by atoms with Gasteiger partial charge in [0, 0.05) is 10.3 Å². The number of nitrogens with one attached hydrogen (secondary N) is 1. The number of nitrogens with zero attached hydrogens (tertiary/aromatic N) is 7. The summed E-state index contributed by atoms with van der Waals surface area (Å²) in [4.78, 5) is 39.5. The van der Waals surface area contributed by atoms with Gasteiger partial charge in [-0.2, -0.15) is 9.97 Å². The van der Waals surface area contributed by atoms with E-state index in [2.05, 4.69) is 30.1 Å². The molecular weight excluding hydrogens is 633 g/mol. The molecule has 4 heterocycles. The first-order chi connectivity index (χ1) is 21.6. The molecule has 1 unspecified atom stereocenters. The Morgan fingerprint density at radius 3 is 2.70 bits per heavy atom. The van der Waals surface area contributed by atoms with Crippen LogP contribution >= 0.6 is 7.75 Å². The average molecular weight is 670 g/mol. The van der Waals surface area contributed by atoms with Gasteiger partial charge in [-0.15, -0.1) is 0 Å². The van der Waals surface area contributed by atoms with Crippen molar-refractivity contribution >= 4 is 30.8 Å². The van der Waals surface area contributed by atoms with E-state index in [-0.39, 0.29) is 41.1 Å². The topological polar surface area (TPSA) is 274 Å². The summed E-state index contributed by atoms with van der Waals surface area (Å²) in [7, 11) is -3.33. The third-order valence-electron chi connectivity index (χ3n) is 6.96. The van der Waals surface area contributed by atoms with Gasteiger partial charge < -0.3 is 33.9 Å². The van der Waals surface area contributed by atoms with Gasteiger partial charge in [-0.05, 0) is 26.3 Å². The van der Waals surface area contributed by atoms with Gasteiger partial charge in [-0.1, -0.05) is 25.9 Å². The van der Waals surface area contributed by atoms with Crippen LogP contribution in [-0.4, -0.2) is 74.7 Å². The van der Waals surface area contributed by atoms with Crippen LogP contribution in [0.3, 0.4) is 0 Å². The minimum absolute atomic E-state index is 0.0540. The van der Waals surface area contributed by atoms with Crippen molar-refractivity contribution in [2.24, 2.45) is 5.11 Å². The number of aliphatic hydroxyl groups excluding tert-OH is 1. The van der Waals surface area contributed by atoms with Gasteiger partial charge in [0.2, 0.25) is 11.8 Å². The lowest BCUT2D eigenvalue weighted by atomic mass is 9.92. The fourth-order valence-corrected chi connectivity index (χ4v) is 6.20. The zero-order valence-electron chi connectivity index (χ0n) is 26.2. The third kappa shape index (κ3) is 7.02. The summed E-state index contributed by atoms with van der Waals surface area (Å²) in [6.07, 6.45) is -2.72. The number of nitrogen functional groups attached to an aromatic ring is 1. The number of azide groups is 1. The van der Waals surface area contributed by atoms with Crippen molar-refractivity contribution in [3.8, 4) is 5.88 Å². The van der Waals surface area contributed by atoms with E-state index >= 15 is 0 Å². The van der Waals surface area contributed by atoms with Gasteiger partial charge in [-0.3, -0.25) is 18.4 Å². The number of aromatic nitrogens is 4. The number of imidazole rings is 1. The van der Waals surface area contributed by atoms with E-state index in [0.29, 0.717) is 0 Å². The number of hydrogen-bond donors (Lipinski definition) is 3. The Morgan fingerprint density at radius 2 is 2.07 bits per heavy atom. The molecule has 0 spiro atoms. The van der Waals surface area contributed by atoms with E-state index in [1.165, 1.54) is 24.7 Å². The standard InChI is InChI=1S/C25H36N9O11P/c1-8-40-19-15-18(29-22(26)30-19)34(11-28-15)21-25(6,32-33-27)16(35)13(43-21)9-41-46(38,31-12(2)20(36)39-7)42-10-14-17(24(3,4)5)45-23(37)44-14/h11-13,16,21,35H,8-10H2,1-7H3,(H,31,38)(H2,26,29,30)/t12-,13+,16+,21+,25+,46?/m0/s1. The smallest absolute Gasteiger partial charge is 0.476 e. The van der Waals surface area contributed by atoms with Crippen LogP contribution in [0.5, 0.6) is 5.88 Å². The Kier molecular flexibility index (Phi) is 10.1. The molecule has 1 aliphatic rings. The number of carbonyl (C=O) groups excluding carboxylic acids is 1. The highest BCUT2D eigenvalue weighted by Gasteiger charge is 2.55. The Hall–Kier alpha value is -4.03. The van der Waals surface area contributed by atoms with E-state index in [0.717, 1.165) is 7.11 Å². The molecule has 0 saturated carbocycles. The normalized spacial score (nSPS) is 23.5. The Labute approximate surface area is 261 Å². The first kappa shape index (κ1) is 34.8. The molecule has 21 heteroatoms. The van der Waals surface area contributed by atoms with Crippen LogP contribution < -0.4 is 21.4 Å². The highest BCUT2D eigenvalue weighted by Crippen LogP contribution is 2.49. The van der Waals surface area contributed by atoms with E-state index in [1.54, 1.807) is 27.7 Å². The molecule has 0 aliphatic carbocycles. The molecule has 3 aromatic rings. The maximum Gasteiger partial charge on any atom is 0.519 e. The molecule has 4 N–H and O–H groups in total. The second-order valence-electron chi connectivity index (χ2n) is 11.4. The maximum atomic E-state index is 14.0. The highest BCUT2D eigenvalue weighted by atomic mass is 31.2. The molecule has 252 valence electrons. The van der Waals surface area contributed by atoms with E-state index in [1.807, 2.05) is 0 Å². The number of ether oxygens (including phenoxy) is 3. The summed E-state index contributed by atoms with van der Waals surface area (Å²) >= 11 is 0. The Morgan fingerprint density at radius 1 is 1.35 bits per heavy atom. The Balaban J connectivity index is 1.63. The number of nitrogens with two attached hydrogens (primary N) is 1. The van der Waals surface area contributed by atoms with Crippen molar-refractivity contribution in [2.45, 2.75) is 83.6 Å². The number of aliphatic hydroxyl groups is 1. The number of carbonyl (C=O) groups is 1. The molecule has 1 fully saturated rings. The van der Waals surface area contributed by atoms with Gasteiger partial charge in [0.1, 0.15) is 24.3 Å². The molecule has 1 saturated heterocycles. The zero-order valence-corrected chi connectivity index (χ0v) is 27.1. The molecule has 0 amide bonds. The minimum atomic E-state index is -4.47. The largest absolute Gasteiger partial charge is 0.519 e. The number of hydrogen-bond acceptors (Lipinski definition) is 16. The van der Waals surface area contributed by atoms with Crippen LogP contribution in [0, 0.1) is 0 Å². The quantitative estimate of drug-likeness (QED) is 0.0775. The van der Waals surface area contributed by atoms with E-state index in [4.69, 9.17) is 37.8 Å². The number of methoxy groups -OCH3 is 1. The lowest BCUT2D eigenvalue weighted by Gasteiger charge is -2.28. The second kappa shape index (κ2) is 13.4. The van der Waals surface area contributed by atoms with Crippen molar-refractivity contribution in [3.05, 3.63) is 38.9 Å². The van der Waals surface area contributed by atoms with Crippen LogP contribution in [-0.2, 0) is 39.9 Å². The first-order valence-corrected chi connectivity index (χ1v) is 15.5. The lowest BCUT2D eigenvalue weighted by molar-refractivity contribution is -0.142. The van der Waals surface area contributed by atoms with Gasteiger partial charge in [0.05, 0.1) is 32.8 Å². The maximum absolute atomic E-state index is 14.0. The van der Waals surface area contributed by atoms with Crippen molar-refractivity contribution in [3.63, 3.8) is 0 Å². The summed E-state index contributed by atoms with van der Waals surface area (Å²) in [6.45, 7) is 8.91. The predicted octanol–water partition coefficient (Wildman–Crippen LogP) is 2.47. The lowest BCUT2D eigenvalue weighted by Crippen LogP contribution is -2.43. The van der Waals surface area contributed by atoms with Crippen molar-refractivity contribution in [1.82, 2.24) is 24.6 Å². The molecule has 4 rings (SSSR count). The zero-order chi connectivity index (χ0) is 34.0. The second-order valence-corrected chi connectivity index (χ2v) is 13.2. The van der Waals surface area contributed by atoms with Crippen molar-refractivity contribution in [2.75, 3.05) is 26.1 Å².